The lowest BCUT2D eigenvalue weighted by Gasteiger charge is -2.13. The number of nitrogens with two attached hydrogens (primary N) is 1. The monoisotopic (exact) mass is 298 g/mol. The van der Waals surface area contributed by atoms with Crippen molar-refractivity contribution in [1.29, 1.82) is 0 Å². The Balaban J connectivity index is 2.63. The number of hydrogen-bond acceptors (Lipinski definition) is 3. The van der Waals surface area contributed by atoms with Crippen molar-refractivity contribution < 1.29 is 18.0 Å². The maximum atomic E-state index is 12.8. The van der Waals surface area contributed by atoms with Crippen molar-refractivity contribution in [2.75, 3.05) is 0 Å². The Morgan fingerprint density at radius 1 is 1.38 bits per heavy atom. The van der Waals surface area contributed by atoms with Gasteiger partial charge in [0.25, 0.3) is 5.91 Å². The van der Waals surface area contributed by atoms with E-state index < -0.39 is 17.8 Å². The summed E-state index contributed by atoms with van der Waals surface area (Å²) in [6, 6.07) is 1.77. The molecule has 0 atom stereocenters. The molecular formula is C13H13F3N4O. The summed E-state index contributed by atoms with van der Waals surface area (Å²) in [5.74, 6) is -0.479. The van der Waals surface area contributed by atoms with Gasteiger partial charge in [-0.25, -0.2) is 9.97 Å². The first kappa shape index (κ1) is 15.0. The molecule has 0 bridgehead atoms. The number of amides is 1. The molecule has 0 aliphatic rings. The van der Waals surface area contributed by atoms with E-state index >= 15 is 0 Å². The molecule has 2 N–H and O–H groups in total. The number of aryl methyl sites for hydroxylation is 1. The van der Waals surface area contributed by atoms with Crippen molar-refractivity contribution >= 4 is 5.91 Å². The molecule has 2 aromatic rings. The van der Waals surface area contributed by atoms with Gasteiger partial charge in [-0.05, 0) is 18.6 Å². The van der Waals surface area contributed by atoms with Gasteiger partial charge < -0.3 is 5.73 Å². The lowest BCUT2D eigenvalue weighted by atomic mass is 10.2. The van der Waals surface area contributed by atoms with Gasteiger partial charge in [-0.15, -0.1) is 0 Å². The largest absolute Gasteiger partial charge is 0.433 e. The standard InChI is InChI=1S/C13H13F3N4O/c1-2-3-10-18-6-7-20(10)12-8(11(17)21)4-5-9(19-12)13(14,15)16/h4-7H,2-3H2,1H3,(H2,17,21). The molecule has 1 amide bonds. The summed E-state index contributed by atoms with van der Waals surface area (Å²) >= 11 is 0. The zero-order valence-corrected chi connectivity index (χ0v) is 11.2. The molecule has 0 saturated heterocycles. The molecule has 0 unspecified atom stereocenters. The minimum absolute atomic E-state index is 0.0849. The third kappa shape index (κ3) is 3.04. The van der Waals surface area contributed by atoms with Crippen molar-refractivity contribution in [2.24, 2.45) is 5.73 Å². The molecule has 2 aromatic heterocycles. The molecule has 112 valence electrons. The van der Waals surface area contributed by atoms with E-state index in [1.807, 2.05) is 6.92 Å². The van der Waals surface area contributed by atoms with Gasteiger partial charge in [-0.1, -0.05) is 6.92 Å². The normalized spacial score (nSPS) is 11.6. The average molecular weight is 298 g/mol. The van der Waals surface area contributed by atoms with Crippen LogP contribution >= 0.6 is 0 Å². The first-order chi connectivity index (χ1) is 9.84. The van der Waals surface area contributed by atoms with Crippen LogP contribution in [0.2, 0.25) is 0 Å². The van der Waals surface area contributed by atoms with Crippen LogP contribution in [0.5, 0.6) is 0 Å². The van der Waals surface area contributed by atoms with E-state index in [-0.39, 0.29) is 11.4 Å². The molecule has 0 aromatic carbocycles. The summed E-state index contributed by atoms with van der Waals surface area (Å²) in [4.78, 5) is 19.0. The molecule has 2 rings (SSSR count). The summed E-state index contributed by atoms with van der Waals surface area (Å²) in [5, 5.41) is 0. The Labute approximate surface area is 118 Å². The van der Waals surface area contributed by atoms with E-state index in [4.69, 9.17) is 5.73 Å². The topological polar surface area (TPSA) is 73.8 Å². The Kier molecular flexibility index (Phi) is 3.97. The molecule has 21 heavy (non-hydrogen) atoms. The SMILES string of the molecule is CCCc1nccn1-c1nc(C(F)(F)F)ccc1C(N)=O. The zero-order chi connectivity index (χ0) is 15.6. The van der Waals surface area contributed by atoms with Crippen molar-refractivity contribution in [1.82, 2.24) is 14.5 Å². The molecule has 0 radical (unpaired) electrons. The maximum Gasteiger partial charge on any atom is 0.433 e. The first-order valence-electron chi connectivity index (χ1n) is 6.25. The van der Waals surface area contributed by atoms with Gasteiger partial charge in [0.15, 0.2) is 5.82 Å². The number of alkyl halides is 3. The minimum Gasteiger partial charge on any atom is -0.365 e. The second kappa shape index (κ2) is 5.55. The van der Waals surface area contributed by atoms with Crippen LogP contribution in [0.15, 0.2) is 24.5 Å². The van der Waals surface area contributed by atoms with Crippen LogP contribution < -0.4 is 5.73 Å². The average Bonchev–Trinajstić information content (AvgIpc) is 2.85. The highest BCUT2D eigenvalue weighted by Gasteiger charge is 2.33. The van der Waals surface area contributed by atoms with Crippen molar-refractivity contribution in [3.05, 3.63) is 41.6 Å². The molecule has 0 aliphatic carbocycles. The lowest BCUT2D eigenvalue weighted by molar-refractivity contribution is -0.141. The van der Waals surface area contributed by atoms with E-state index in [0.29, 0.717) is 12.2 Å². The van der Waals surface area contributed by atoms with Crippen LogP contribution in [0.25, 0.3) is 5.82 Å². The fourth-order valence-electron chi connectivity index (χ4n) is 1.92. The molecular weight excluding hydrogens is 285 g/mol. The predicted octanol–water partition coefficient (Wildman–Crippen LogP) is 2.34. The number of primary amides is 1. The van der Waals surface area contributed by atoms with Gasteiger partial charge in [-0.3, -0.25) is 9.36 Å². The lowest BCUT2D eigenvalue weighted by Crippen LogP contribution is -2.19. The number of carbonyl (C=O) groups excluding carboxylic acids is 1. The molecule has 5 nitrogen and oxygen atoms in total. The van der Waals surface area contributed by atoms with Crippen LogP contribution in [-0.4, -0.2) is 20.4 Å². The van der Waals surface area contributed by atoms with Gasteiger partial charge in [0.2, 0.25) is 0 Å². The van der Waals surface area contributed by atoms with Crippen LogP contribution in [-0.2, 0) is 12.6 Å². The van der Waals surface area contributed by atoms with E-state index in [1.54, 1.807) is 0 Å². The van der Waals surface area contributed by atoms with Crippen LogP contribution in [0.1, 0.15) is 35.2 Å². The smallest absolute Gasteiger partial charge is 0.365 e. The number of aromatic nitrogens is 3. The highest BCUT2D eigenvalue weighted by atomic mass is 19.4. The van der Waals surface area contributed by atoms with Crippen LogP contribution in [0.3, 0.4) is 0 Å². The minimum atomic E-state index is -4.60. The molecule has 8 heteroatoms. The number of pyridine rings is 1. The van der Waals surface area contributed by atoms with Crippen molar-refractivity contribution in [2.45, 2.75) is 25.9 Å². The van der Waals surface area contributed by atoms with E-state index in [9.17, 15) is 18.0 Å². The molecule has 0 fully saturated rings. The third-order valence-electron chi connectivity index (χ3n) is 2.85. The van der Waals surface area contributed by atoms with Crippen molar-refractivity contribution in [3.8, 4) is 5.82 Å². The third-order valence-corrected chi connectivity index (χ3v) is 2.85. The molecule has 2 heterocycles. The zero-order valence-electron chi connectivity index (χ0n) is 11.2. The second-order valence-electron chi connectivity index (χ2n) is 4.39. The summed E-state index contributed by atoms with van der Waals surface area (Å²) in [5.41, 5.74) is 4.04. The summed E-state index contributed by atoms with van der Waals surface area (Å²) < 4.78 is 39.7. The number of halogens is 3. The maximum absolute atomic E-state index is 12.8. The van der Waals surface area contributed by atoms with E-state index in [2.05, 4.69) is 9.97 Å². The Hall–Kier alpha value is -2.38. The van der Waals surface area contributed by atoms with Gasteiger partial charge >= 0.3 is 6.18 Å². The van der Waals surface area contributed by atoms with Crippen molar-refractivity contribution in [3.63, 3.8) is 0 Å². The second-order valence-corrected chi connectivity index (χ2v) is 4.39. The fraction of sp³-hybridized carbons (Fsp3) is 0.308. The molecule has 0 spiro atoms. The molecule has 0 saturated carbocycles. The number of rotatable bonds is 4. The summed E-state index contributed by atoms with van der Waals surface area (Å²) in [6.07, 6.45) is -0.404. The van der Waals surface area contributed by atoms with Gasteiger partial charge in [0, 0.05) is 18.8 Å². The summed E-state index contributed by atoms with van der Waals surface area (Å²) in [6.45, 7) is 1.91. The van der Waals surface area contributed by atoms with Gasteiger partial charge in [0.05, 0.1) is 5.56 Å². The number of nitrogens with zero attached hydrogens (tertiary/aromatic N) is 3. The Morgan fingerprint density at radius 2 is 2.10 bits per heavy atom. The Bertz CT molecular complexity index is 664. The fourth-order valence-corrected chi connectivity index (χ4v) is 1.92. The predicted molar refractivity (Wildman–Crippen MR) is 68.9 cm³/mol. The highest BCUT2D eigenvalue weighted by molar-refractivity contribution is 5.95. The van der Waals surface area contributed by atoms with E-state index in [0.717, 1.165) is 18.6 Å². The molecule has 0 aliphatic heterocycles. The number of imidazole rings is 1. The number of carbonyl (C=O) groups is 1. The van der Waals surface area contributed by atoms with Gasteiger partial charge in [0.1, 0.15) is 11.5 Å². The first-order valence-corrected chi connectivity index (χ1v) is 6.25. The summed E-state index contributed by atoms with van der Waals surface area (Å²) in [7, 11) is 0. The highest BCUT2D eigenvalue weighted by Crippen LogP contribution is 2.29. The van der Waals surface area contributed by atoms with E-state index in [1.165, 1.54) is 17.0 Å². The van der Waals surface area contributed by atoms with Crippen LogP contribution in [0, 0.1) is 0 Å². The number of hydrogen-bond donors (Lipinski definition) is 1. The van der Waals surface area contributed by atoms with Crippen LogP contribution in [0.4, 0.5) is 13.2 Å². The Morgan fingerprint density at radius 3 is 2.67 bits per heavy atom. The van der Waals surface area contributed by atoms with Gasteiger partial charge in [-0.2, -0.15) is 13.2 Å². The quantitative estimate of drug-likeness (QED) is 0.941.